The Hall–Kier alpha value is -2.55. The summed E-state index contributed by atoms with van der Waals surface area (Å²) in [4.78, 5) is 12.0. The number of aryl methyl sites for hydroxylation is 1. The number of ketones is 1. The molecule has 0 spiro atoms. The molecule has 0 N–H and O–H groups in total. The second-order valence-electron chi connectivity index (χ2n) is 5.42. The van der Waals surface area contributed by atoms with Crippen LogP contribution in [-0.4, -0.2) is 12.6 Å². The van der Waals surface area contributed by atoms with Crippen LogP contribution in [0.4, 0.5) is 0 Å². The van der Waals surface area contributed by atoms with E-state index in [1.165, 1.54) is 5.56 Å². The lowest BCUT2D eigenvalue weighted by Crippen LogP contribution is -2.00. The highest BCUT2D eigenvalue weighted by molar-refractivity contribution is 5.83. The summed E-state index contributed by atoms with van der Waals surface area (Å²) in [5.41, 5.74) is 3.30. The lowest BCUT2D eigenvalue weighted by atomic mass is 10.1. The third-order valence-electron chi connectivity index (χ3n) is 3.57. The Bertz CT molecular complexity index is 699. The topological polar surface area (TPSA) is 35.5 Å². The predicted molar refractivity (Wildman–Crippen MR) is 86.1 cm³/mol. The first-order valence-corrected chi connectivity index (χ1v) is 7.34. The monoisotopic (exact) mass is 294 g/mol. The SMILES string of the molecule is Cc1ccc(/C=C/CC(=O)Cc2ccc3c(c2)OCO3)cc1. The summed E-state index contributed by atoms with van der Waals surface area (Å²) in [6, 6.07) is 13.9. The molecule has 112 valence electrons. The zero-order chi connectivity index (χ0) is 15.4. The van der Waals surface area contributed by atoms with Gasteiger partial charge in [0.25, 0.3) is 0 Å². The van der Waals surface area contributed by atoms with Crippen molar-refractivity contribution >= 4 is 11.9 Å². The minimum Gasteiger partial charge on any atom is -0.454 e. The summed E-state index contributed by atoms with van der Waals surface area (Å²) in [5, 5.41) is 0. The van der Waals surface area contributed by atoms with Gasteiger partial charge in [-0.25, -0.2) is 0 Å². The molecule has 0 bridgehead atoms. The van der Waals surface area contributed by atoms with Crippen LogP contribution in [0, 0.1) is 6.92 Å². The summed E-state index contributed by atoms with van der Waals surface area (Å²) < 4.78 is 10.6. The van der Waals surface area contributed by atoms with E-state index in [0.29, 0.717) is 12.8 Å². The van der Waals surface area contributed by atoms with Crippen molar-refractivity contribution in [3.63, 3.8) is 0 Å². The van der Waals surface area contributed by atoms with Crippen LogP contribution >= 0.6 is 0 Å². The van der Waals surface area contributed by atoms with Crippen LogP contribution in [0.15, 0.2) is 48.5 Å². The average Bonchev–Trinajstić information content (AvgIpc) is 2.97. The Kier molecular flexibility index (Phi) is 4.24. The second kappa shape index (κ2) is 6.48. The Balaban J connectivity index is 1.55. The molecule has 0 saturated heterocycles. The van der Waals surface area contributed by atoms with Crippen LogP contribution in [-0.2, 0) is 11.2 Å². The number of allylic oxidation sites excluding steroid dienone is 1. The fourth-order valence-corrected chi connectivity index (χ4v) is 2.35. The standard InChI is InChI=1S/C19H18O3/c1-14-5-7-15(8-6-14)3-2-4-17(20)11-16-9-10-18-19(12-16)22-13-21-18/h2-3,5-10,12H,4,11,13H2,1H3/b3-2+. The van der Waals surface area contributed by atoms with Gasteiger partial charge in [-0.1, -0.05) is 48.0 Å². The molecular weight excluding hydrogens is 276 g/mol. The first kappa shape index (κ1) is 14.4. The molecule has 0 amide bonds. The minimum absolute atomic E-state index is 0.183. The first-order valence-electron chi connectivity index (χ1n) is 7.34. The maximum atomic E-state index is 12.0. The van der Waals surface area contributed by atoms with Crippen molar-refractivity contribution in [3.8, 4) is 11.5 Å². The van der Waals surface area contributed by atoms with Crippen LogP contribution in [0.1, 0.15) is 23.1 Å². The summed E-state index contributed by atoms with van der Waals surface area (Å²) >= 11 is 0. The van der Waals surface area contributed by atoms with E-state index < -0.39 is 0 Å². The van der Waals surface area contributed by atoms with Gasteiger partial charge >= 0.3 is 0 Å². The quantitative estimate of drug-likeness (QED) is 0.838. The highest BCUT2D eigenvalue weighted by atomic mass is 16.7. The zero-order valence-corrected chi connectivity index (χ0v) is 12.5. The van der Waals surface area contributed by atoms with Crippen LogP contribution in [0.5, 0.6) is 11.5 Å². The predicted octanol–water partition coefficient (Wildman–Crippen LogP) is 3.94. The second-order valence-corrected chi connectivity index (χ2v) is 5.42. The summed E-state index contributed by atoms with van der Waals surface area (Å²) in [6.45, 7) is 2.31. The average molecular weight is 294 g/mol. The van der Waals surface area contributed by atoms with Gasteiger partial charge in [-0.3, -0.25) is 4.79 Å². The van der Waals surface area contributed by atoms with Gasteiger partial charge in [-0.2, -0.15) is 0 Å². The number of carbonyl (C=O) groups is 1. The maximum absolute atomic E-state index is 12.0. The largest absolute Gasteiger partial charge is 0.454 e. The molecule has 0 aromatic heterocycles. The molecule has 3 heteroatoms. The number of carbonyl (C=O) groups excluding carboxylic acids is 1. The van der Waals surface area contributed by atoms with Gasteiger partial charge in [0.1, 0.15) is 5.78 Å². The van der Waals surface area contributed by atoms with Crippen molar-refractivity contribution in [2.24, 2.45) is 0 Å². The Morgan fingerprint density at radius 3 is 2.68 bits per heavy atom. The molecule has 1 aliphatic rings. The van der Waals surface area contributed by atoms with Crippen molar-refractivity contribution < 1.29 is 14.3 Å². The molecule has 3 nitrogen and oxygen atoms in total. The van der Waals surface area contributed by atoms with Gasteiger partial charge in [0, 0.05) is 12.8 Å². The Morgan fingerprint density at radius 1 is 1.09 bits per heavy atom. The molecule has 2 aromatic rings. The molecule has 1 heterocycles. The van der Waals surface area contributed by atoms with E-state index >= 15 is 0 Å². The third kappa shape index (κ3) is 3.55. The summed E-state index contributed by atoms with van der Waals surface area (Å²) in [5.74, 6) is 1.65. The third-order valence-corrected chi connectivity index (χ3v) is 3.57. The molecule has 0 fully saturated rings. The normalized spacial score (nSPS) is 12.8. The van der Waals surface area contributed by atoms with Gasteiger partial charge in [-0.15, -0.1) is 0 Å². The zero-order valence-electron chi connectivity index (χ0n) is 12.5. The van der Waals surface area contributed by atoms with Crippen molar-refractivity contribution in [1.29, 1.82) is 0 Å². The fourth-order valence-electron chi connectivity index (χ4n) is 2.35. The van der Waals surface area contributed by atoms with Crippen LogP contribution in [0.25, 0.3) is 6.08 Å². The molecule has 2 aromatic carbocycles. The fraction of sp³-hybridized carbons (Fsp3) is 0.211. The highest BCUT2D eigenvalue weighted by Gasteiger charge is 2.14. The lowest BCUT2D eigenvalue weighted by molar-refractivity contribution is -0.117. The first-order chi connectivity index (χ1) is 10.7. The molecule has 0 unspecified atom stereocenters. The van der Waals surface area contributed by atoms with Crippen molar-refractivity contribution in [1.82, 2.24) is 0 Å². The number of fused-ring (bicyclic) bond motifs is 1. The number of ether oxygens (including phenoxy) is 2. The summed E-state index contributed by atoms with van der Waals surface area (Å²) in [6.07, 6.45) is 4.74. The van der Waals surface area contributed by atoms with Crippen LogP contribution in [0.2, 0.25) is 0 Å². The van der Waals surface area contributed by atoms with Crippen molar-refractivity contribution in [3.05, 3.63) is 65.2 Å². The molecule has 3 rings (SSSR count). The molecule has 22 heavy (non-hydrogen) atoms. The van der Waals surface area contributed by atoms with E-state index in [1.54, 1.807) is 0 Å². The van der Waals surface area contributed by atoms with E-state index in [1.807, 2.05) is 42.5 Å². The number of hydrogen-bond acceptors (Lipinski definition) is 3. The highest BCUT2D eigenvalue weighted by Crippen LogP contribution is 2.32. The van der Waals surface area contributed by atoms with E-state index in [9.17, 15) is 4.79 Å². The minimum atomic E-state index is 0.183. The van der Waals surface area contributed by atoms with Gasteiger partial charge in [0.15, 0.2) is 11.5 Å². The molecule has 0 radical (unpaired) electrons. The van der Waals surface area contributed by atoms with E-state index in [-0.39, 0.29) is 12.6 Å². The maximum Gasteiger partial charge on any atom is 0.231 e. The van der Waals surface area contributed by atoms with E-state index in [2.05, 4.69) is 19.1 Å². The number of rotatable bonds is 5. The molecule has 0 atom stereocenters. The Morgan fingerprint density at radius 2 is 1.86 bits per heavy atom. The van der Waals surface area contributed by atoms with E-state index in [4.69, 9.17) is 9.47 Å². The lowest BCUT2D eigenvalue weighted by Gasteiger charge is -2.01. The number of hydrogen-bond donors (Lipinski definition) is 0. The summed E-state index contributed by atoms with van der Waals surface area (Å²) in [7, 11) is 0. The van der Waals surface area contributed by atoms with Crippen LogP contribution in [0.3, 0.4) is 0 Å². The van der Waals surface area contributed by atoms with Gasteiger partial charge in [0.2, 0.25) is 6.79 Å². The van der Waals surface area contributed by atoms with Crippen LogP contribution < -0.4 is 9.47 Å². The molecular formula is C19H18O3. The van der Waals surface area contributed by atoms with Gasteiger partial charge in [0.05, 0.1) is 0 Å². The van der Waals surface area contributed by atoms with Gasteiger partial charge < -0.3 is 9.47 Å². The van der Waals surface area contributed by atoms with Crippen molar-refractivity contribution in [2.45, 2.75) is 19.8 Å². The number of benzene rings is 2. The molecule has 0 aliphatic carbocycles. The van der Waals surface area contributed by atoms with E-state index in [0.717, 1.165) is 22.6 Å². The number of Topliss-reactive ketones (excluding diaryl/α,β-unsaturated/α-hetero) is 1. The molecule has 1 aliphatic heterocycles. The van der Waals surface area contributed by atoms with Crippen molar-refractivity contribution in [2.75, 3.05) is 6.79 Å². The Labute approximate surface area is 130 Å². The smallest absolute Gasteiger partial charge is 0.231 e. The molecule has 0 saturated carbocycles. The van der Waals surface area contributed by atoms with Gasteiger partial charge in [-0.05, 0) is 30.2 Å².